The first-order chi connectivity index (χ1) is 18.9. The summed E-state index contributed by atoms with van der Waals surface area (Å²) in [4.78, 5) is 9.14. The van der Waals surface area contributed by atoms with E-state index < -0.39 is 0 Å². The van der Waals surface area contributed by atoms with E-state index in [1.165, 1.54) is 53.7 Å². The highest BCUT2D eigenvalue weighted by molar-refractivity contribution is 7.13. The third kappa shape index (κ3) is 6.88. The third-order valence-corrected chi connectivity index (χ3v) is 8.64. The molecule has 3 aromatic rings. The van der Waals surface area contributed by atoms with Crippen molar-refractivity contribution in [3.05, 3.63) is 120 Å². The van der Waals surface area contributed by atoms with Gasteiger partial charge in [0.05, 0.1) is 11.7 Å². The van der Waals surface area contributed by atoms with Crippen LogP contribution in [0.5, 0.6) is 0 Å². The molecule has 0 unspecified atom stereocenters. The fourth-order valence-electron chi connectivity index (χ4n) is 5.36. The van der Waals surface area contributed by atoms with E-state index in [1.54, 1.807) is 11.3 Å². The lowest BCUT2D eigenvalue weighted by Crippen LogP contribution is -2.08. The van der Waals surface area contributed by atoms with Crippen LogP contribution >= 0.6 is 11.3 Å². The lowest BCUT2D eigenvalue weighted by atomic mass is 9.84. The van der Waals surface area contributed by atoms with Gasteiger partial charge in [0, 0.05) is 40.5 Å². The van der Waals surface area contributed by atoms with E-state index in [9.17, 15) is 0 Å². The maximum absolute atomic E-state index is 4.45. The number of H-pyrrole nitrogens is 1. The van der Waals surface area contributed by atoms with Crippen LogP contribution in [0.25, 0.3) is 26.9 Å². The van der Waals surface area contributed by atoms with Gasteiger partial charge in [0.1, 0.15) is 0 Å². The standard InChI is InChI=1S/C35H41N3S/c1-7-27(19-28-13-10-9-11-14-28)20-29(8-2)24(3)16-17-32(36-6)25(4)26(5)33-21-30-31(35-15-12-18-39-35)22-37-23-34(30)38-33/h7-8,12,15-18,20-23,28,36,38H,1,4-5,9-11,13-14,19H2,2-3,6H3/b24-16+,27-20+,29-8+,32-17+. The molecule has 4 rings (SSSR count). The second kappa shape index (κ2) is 13.4. The predicted octanol–water partition coefficient (Wildman–Crippen LogP) is 9.94. The molecule has 4 heteroatoms. The van der Waals surface area contributed by atoms with Crippen molar-refractivity contribution < 1.29 is 0 Å². The maximum atomic E-state index is 4.45. The topological polar surface area (TPSA) is 40.7 Å². The summed E-state index contributed by atoms with van der Waals surface area (Å²) < 4.78 is 0. The number of fused-ring (bicyclic) bond motifs is 1. The molecule has 1 aliphatic rings. The Morgan fingerprint density at radius 1 is 1.18 bits per heavy atom. The van der Waals surface area contributed by atoms with E-state index >= 15 is 0 Å². The first kappa shape index (κ1) is 28.4. The highest BCUT2D eigenvalue weighted by Gasteiger charge is 2.15. The molecule has 3 aromatic heterocycles. The van der Waals surface area contributed by atoms with Gasteiger partial charge in [-0.05, 0) is 77.6 Å². The fraction of sp³-hybridized carbons (Fsp3) is 0.286. The van der Waals surface area contributed by atoms with Gasteiger partial charge >= 0.3 is 0 Å². The zero-order valence-electron chi connectivity index (χ0n) is 23.6. The van der Waals surface area contributed by atoms with E-state index in [-0.39, 0.29) is 0 Å². The second-order valence-electron chi connectivity index (χ2n) is 10.3. The van der Waals surface area contributed by atoms with Gasteiger partial charge in [-0.25, -0.2) is 0 Å². The van der Waals surface area contributed by atoms with Crippen molar-refractivity contribution in [3.8, 4) is 10.4 Å². The lowest BCUT2D eigenvalue weighted by molar-refractivity contribution is 0.358. The van der Waals surface area contributed by atoms with Crippen LogP contribution in [0.2, 0.25) is 0 Å². The number of allylic oxidation sites excluding steroid dienone is 9. The Balaban J connectivity index is 1.53. The summed E-state index contributed by atoms with van der Waals surface area (Å²) in [6.45, 7) is 17.1. The molecule has 0 aromatic carbocycles. The van der Waals surface area contributed by atoms with Gasteiger partial charge < -0.3 is 10.3 Å². The van der Waals surface area contributed by atoms with Gasteiger partial charge in [0.2, 0.25) is 0 Å². The SMILES string of the molecule is C=C\C(=C/C(=C\C)C(/C)=C/C=C(/NC)C(=C)C(=C)c1cc2c(-c3cccs3)cncc2[nH]1)CC1CCCCC1. The molecule has 0 saturated heterocycles. The summed E-state index contributed by atoms with van der Waals surface area (Å²) in [5, 5.41) is 6.55. The number of hydrogen-bond acceptors (Lipinski definition) is 3. The maximum Gasteiger partial charge on any atom is 0.0651 e. The molecule has 202 valence electrons. The predicted molar refractivity (Wildman–Crippen MR) is 172 cm³/mol. The molecule has 2 N–H and O–H groups in total. The van der Waals surface area contributed by atoms with Crippen LogP contribution in [-0.2, 0) is 0 Å². The minimum Gasteiger partial charge on any atom is -0.388 e. The van der Waals surface area contributed by atoms with Crippen molar-refractivity contribution in [1.82, 2.24) is 15.3 Å². The molecule has 3 nitrogen and oxygen atoms in total. The van der Waals surface area contributed by atoms with Gasteiger partial charge in [-0.3, -0.25) is 4.98 Å². The normalized spacial score (nSPS) is 16.0. The molecule has 0 radical (unpaired) electrons. The number of aromatic amines is 1. The van der Waals surface area contributed by atoms with Crippen LogP contribution in [0.4, 0.5) is 0 Å². The van der Waals surface area contributed by atoms with Gasteiger partial charge in [0.25, 0.3) is 0 Å². The molecule has 0 aliphatic heterocycles. The molecule has 0 amide bonds. The molecule has 1 saturated carbocycles. The Labute approximate surface area is 238 Å². The van der Waals surface area contributed by atoms with Crippen molar-refractivity contribution in [3.63, 3.8) is 0 Å². The van der Waals surface area contributed by atoms with Crippen LogP contribution in [0.15, 0.2) is 114 Å². The van der Waals surface area contributed by atoms with Crippen LogP contribution < -0.4 is 5.32 Å². The summed E-state index contributed by atoms with van der Waals surface area (Å²) in [5.74, 6) is 0.789. The number of thiophene rings is 1. The molecule has 0 spiro atoms. The Hall–Kier alpha value is -3.63. The zero-order valence-corrected chi connectivity index (χ0v) is 24.5. The van der Waals surface area contributed by atoms with Crippen molar-refractivity contribution in [2.24, 2.45) is 5.92 Å². The van der Waals surface area contributed by atoms with Crippen molar-refractivity contribution in [2.75, 3.05) is 7.05 Å². The van der Waals surface area contributed by atoms with E-state index in [1.807, 2.05) is 25.5 Å². The van der Waals surface area contributed by atoms with Crippen molar-refractivity contribution in [2.45, 2.75) is 52.4 Å². The molecule has 3 heterocycles. The van der Waals surface area contributed by atoms with Crippen LogP contribution in [-0.4, -0.2) is 17.0 Å². The molecule has 0 atom stereocenters. The van der Waals surface area contributed by atoms with Gasteiger partial charge in [-0.15, -0.1) is 11.3 Å². The summed E-state index contributed by atoms with van der Waals surface area (Å²) in [6.07, 6.45) is 22.5. The first-order valence-corrected chi connectivity index (χ1v) is 14.8. The quantitative estimate of drug-likeness (QED) is 0.240. The lowest BCUT2D eigenvalue weighted by Gasteiger charge is -2.22. The summed E-state index contributed by atoms with van der Waals surface area (Å²) >= 11 is 1.72. The number of likely N-dealkylation sites (N-methyl/N-ethyl adjacent to an activating group) is 1. The first-order valence-electron chi connectivity index (χ1n) is 13.9. The van der Waals surface area contributed by atoms with E-state index in [0.717, 1.165) is 51.3 Å². The van der Waals surface area contributed by atoms with Gasteiger partial charge in [-0.1, -0.05) is 82.2 Å². The molecule has 1 aliphatic carbocycles. The summed E-state index contributed by atoms with van der Waals surface area (Å²) in [5.41, 5.74) is 9.44. The summed E-state index contributed by atoms with van der Waals surface area (Å²) in [6, 6.07) is 6.34. The number of hydrogen-bond donors (Lipinski definition) is 2. The Morgan fingerprint density at radius 3 is 2.64 bits per heavy atom. The van der Waals surface area contributed by atoms with E-state index in [4.69, 9.17) is 0 Å². The highest BCUT2D eigenvalue weighted by Crippen LogP contribution is 2.34. The number of aromatic nitrogens is 2. The molecule has 0 bridgehead atoms. The Bertz CT molecular complexity index is 1450. The van der Waals surface area contributed by atoms with Crippen molar-refractivity contribution >= 4 is 27.8 Å². The largest absolute Gasteiger partial charge is 0.388 e. The average molecular weight is 536 g/mol. The Kier molecular flexibility index (Phi) is 9.78. The molecule has 39 heavy (non-hydrogen) atoms. The third-order valence-electron chi connectivity index (χ3n) is 7.73. The van der Waals surface area contributed by atoms with Gasteiger partial charge in [0.15, 0.2) is 0 Å². The minimum atomic E-state index is 0.789. The molecular weight excluding hydrogens is 494 g/mol. The average Bonchev–Trinajstić information content (AvgIpc) is 3.66. The molecule has 1 fully saturated rings. The number of pyridine rings is 1. The Morgan fingerprint density at radius 2 is 1.97 bits per heavy atom. The number of nitrogens with one attached hydrogen (secondary N) is 2. The van der Waals surface area contributed by atoms with E-state index in [2.05, 4.69) is 96.8 Å². The van der Waals surface area contributed by atoms with Crippen molar-refractivity contribution in [1.29, 1.82) is 0 Å². The molecular formula is C35H41N3S. The van der Waals surface area contributed by atoms with E-state index in [0.29, 0.717) is 0 Å². The number of rotatable bonds is 11. The fourth-order valence-corrected chi connectivity index (χ4v) is 6.11. The minimum absolute atomic E-state index is 0.789. The second-order valence-corrected chi connectivity index (χ2v) is 11.3. The monoisotopic (exact) mass is 535 g/mol. The zero-order chi connectivity index (χ0) is 27.8. The number of nitrogens with zero attached hydrogens (tertiary/aromatic N) is 1. The van der Waals surface area contributed by atoms with Crippen LogP contribution in [0, 0.1) is 5.92 Å². The van der Waals surface area contributed by atoms with Gasteiger partial charge in [-0.2, -0.15) is 0 Å². The van der Waals surface area contributed by atoms with Crippen LogP contribution in [0.1, 0.15) is 58.1 Å². The van der Waals surface area contributed by atoms with Crippen LogP contribution in [0.3, 0.4) is 0 Å². The smallest absolute Gasteiger partial charge is 0.0651 e. The summed E-state index contributed by atoms with van der Waals surface area (Å²) in [7, 11) is 1.92. The highest BCUT2D eigenvalue weighted by atomic mass is 32.1.